The number of aromatic nitrogens is 3. The van der Waals surface area contributed by atoms with Gasteiger partial charge in [0.05, 0.1) is 7.11 Å². The van der Waals surface area contributed by atoms with Crippen LogP contribution in [0.4, 0.5) is 17.5 Å². The van der Waals surface area contributed by atoms with Crippen molar-refractivity contribution in [3.05, 3.63) is 30.1 Å². The summed E-state index contributed by atoms with van der Waals surface area (Å²) < 4.78 is 5.22. The Kier molecular flexibility index (Phi) is 4.34. The third-order valence-corrected chi connectivity index (χ3v) is 2.76. The number of pyridine rings is 1. The highest BCUT2D eigenvalue weighted by Gasteiger charge is 2.08. The SMILES string of the molecule is CCc1cc(Nc2cccnc2OC)nc(N(C)C)n1. The van der Waals surface area contributed by atoms with E-state index < -0.39 is 0 Å². The lowest BCUT2D eigenvalue weighted by atomic mass is 10.3. The molecule has 0 saturated carbocycles. The first-order valence-electron chi connectivity index (χ1n) is 6.45. The van der Waals surface area contributed by atoms with Crippen LogP contribution >= 0.6 is 0 Å². The second-order valence-corrected chi connectivity index (χ2v) is 4.48. The Morgan fingerprint density at radius 1 is 1.30 bits per heavy atom. The molecule has 6 heteroatoms. The van der Waals surface area contributed by atoms with Gasteiger partial charge in [0.2, 0.25) is 11.8 Å². The second-order valence-electron chi connectivity index (χ2n) is 4.48. The first-order valence-corrected chi connectivity index (χ1v) is 6.45. The molecule has 2 aromatic rings. The summed E-state index contributed by atoms with van der Waals surface area (Å²) in [7, 11) is 5.43. The summed E-state index contributed by atoms with van der Waals surface area (Å²) in [5.74, 6) is 1.94. The van der Waals surface area contributed by atoms with Crippen LogP contribution < -0.4 is 15.0 Å². The Morgan fingerprint density at radius 3 is 2.75 bits per heavy atom. The number of anilines is 3. The zero-order chi connectivity index (χ0) is 14.5. The molecular weight excluding hydrogens is 254 g/mol. The summed E-state index contributed by atoms with van der Waals surface area (Å²) in [6, 6.07) is 5.67. The van der Waals surface area contributed by atoms with Crippen molar-refractivity contribution in [2.24, 2.45) is 0 Å². The molecule has 2 heterocycles. The van der Waals surface area contributed by atoms with Crippen LogP contribution in [0.3, 0.4) is 0 Å². The molecule has 0 fully saturated rings. The quantitative estimate of drug-likeness (QED) is 0.901. The number of methoxy groups -OCH3 is 1. The number of nitrogens with zero attached hydrogens (tertiary/aromatic N) is 4. The minimum atomic E-state index is 0.538. The van der Waals surface area contributed by atoms with Gasteiger partial charge in [-0.3, -0.25) is 0 Å². The maximum Gasteiger partial charge on any atom is 0.237 e. The predicted molar refractivity (Wildman–Crippen MR) is 79.8 cm³/mol. The van der Waals surface area contributed by atoms with Crippen LogP contribution in [-0.4, -0.2) is 36.2 Å². The van der Waals surface area contributed by atoms with Crippen LogP contribution in [0.5, 0.6) is 5.88 Å². The number of hydrogen-bond donors (Lipinski definition) is 1. The minimum absolute atomic E-state index is 0.538. The van der Waals surface area contributed by atoms with Gasteiger partial charge in [-0.05, 0) is 18.6 Å². The minimum Gasteiger partial charge on any atom is -0.480 e. The van der Waals surface area contributed by atoms with Crippen molar-refractivity contribution in [1.82, 2.24) is 15.0 Å². The molecule has 0 aliphatic rings. The molecule has 0 unspecified atom stereocenters. The van der Waals surface area contributed by atoms with E-state index in [2.05, 4.69) is 27.2 Å². The number of nitrogens with one attached hydrogen (secondary N) is 1. The summed E-state index contributed by atoms with van der Waals surface area (Å²) in [5.41, 5.74) is 1.76. The molecule has 0 amide bonds. The zero-order valence-corrected chi connectivity index (χ0v) is 12.2. The van der Waals surface area contributed by atoms with E-state index in [9.17, 15) is 0 Å². The molecule has 20 heavy (non-hydrogen) atoms. The van der Waals surface area contributed by atoms with Crippen molar-refractivity contribution >= 4 is 17.5 Å². The highest BCUT2D eigenvalue weighted by atomic mass is 16.5. The summed E-state index contributed by atoms with van der Waals surface area (Å²) in [4.78, 5) is 15.0. The van der Waals surface area contributed by atoms with E-state index in [0.29, 0.717) is 11.8 Å². The van der Waals surface area contributed by atoms with Gasteiger partial charge < -0.3 is 15.0 Å². The van der Waals surface area contributed by atoms with E-state index >= 15 is 0 Å². The molecule has 0 saturated heterocycles. The Labute approximate surface area is 118 Å². The van der Waals surface area contributed by atoms with Crippen molar-refractivity contribution in [2.75, 3.05) is 31.4 Å². The highest BCUT2D eigenvalue weighted by molar-refractivity contribution is 5.62. The Hall–Kier alpha value is -2.37. The van der Waals surface area contributed by atoms with Gasteiger partial charge >= 0.3 is 0 Å². The summed E-state index contributed by atoms with van der Waals surface area (Å²) >= 11 is 0. The third-order valence-electron chi connectivity index (χ3n) is 2.76. The van der Waals surface area contributed by atoms with E-state index in [1.165, 1.54) is 0 Å². The van der Waals surface area contributed by atoms with Crippen molar-refractivity contribution in [2.45, 2.75) is 13.3 Å². The largest absolute Gasteiger partial charge is 0.480 e. The Balaban J connectivity index is 2.35. The monoisotopic (exact) mass is 273 g/mol. The van der Waals surface area contributed by atoms with Crippen molar-refractivity contribution in [3.63, 3.8) is 0 Å². The molecular formula is C14H19N5O. The topological polar surface area (TPSA) is 63.2 Å². The normalized spacial score (nSPS) is 10.2. The fraction of sp³-hybridized carbons (Fsp3) is 0.357. The Morgan fingerprint density at radius 2 is 2.10 bits per heavy atom. The van der Waals surface area contributed by atoms with Gasteiger partial charge in [0, 0.05) is 32.1 Å². The lowest BCUT2D eigenvalue weighted by Crippen LogP contribution is -2.14. The van der Waals surface area contributed by atoms with Gasteiger partial charge in [0.1, 0.15) is 11.5 Å². The standard InChI is InChI=1S/C14H19N5O/c1-5-10-9-12(18-14(16-10)19(2)3)17-11-7-6-8-15-13(11)20-4/h6-9H,5H2,1-4H3,(H,16,17,18). The molecule has 2 rings (SSSR count). The molecule has 106 valence electrons. The average molecular weight is 273 g/mol. The Bertz CT molecular complexity index is 586. The van der Waals surface area contributed by atoms with Crippen LogP contribution in [-0.2, 0) is 6.42 Å². The van der Waals surface area contributed by atoms with Gasteiger partial charge in [-0.2, -0.15) is 4.98 Å². The lowest BCUT2D eigenvalue weighted by molar-refractivity contribution is 0.400. The van der Waals surface area contributed by atoms with Crippen molar-refractivity contribution < 1.29 is 4.74 Å². The number of ether oxygens (including phenoxy) is 1. The molecule has 0 spiro atoms. The van der Waals surface area contributed by atoms with E-state index in [4.69, 9.17) is 4.74 Å². The van der Waals surface area contributed by atoms with Crippen molar-refractivity contribution in [1.29, 1.82) is 0 Å². The highest BCUT2D eigenvalue weighted by Crippen LogP contribution is 2.24. The fourth-order valence-corrected chi connectivity index (χ4v) is 1.72. The van der Waals surface area contributed by atoms with Crippen molar-refractivity contribution in [3.8, 4) is 5.88 Å². The molecule has 2 aromatic heterocycles. The average Bonchev–Trinajstić information content (AvgIpc) is 2.47. The van der Waals surface area contributed by atoms with Crippen LogP contribution in [0.1, 0.15) is 12.6 Å². The predicted octanol–water partition coefficient (Wildman–Crippen LogP) is 2.25. The van der Waals surface area contributed by atoms with E-state index in [-0.39, 0.29) is 0 Å². The van der Waals surface area contributed by atoms with Gasteiger partial charge in [0.15, 0.2) is 0 Å². The maximum atomic E-state index is 5.22. The lowest BCUT2D eigenvalue weighted by Gasteiger charge is -2.14. The summed E-state index contributed by atoms with van der Waals surface area (Å²) in [6.45, 7) is 2.07. The van der Waals surface area contributed by atoms with Crippen LogP contribution in [0.2, 0.25) is 0 Å². The number of rotatable bonds is 5. The molecule has 0 aromatic carbocycles. The summed E-state index contributed by atoms with van der Waals surface area (Å²) in [6.07, 6.45) is 2.54. The molecule has 0 bridgehead atoms. The molecule has 0 radical (unpaired) electrons. The van der Waals surface area contributed by atoms with E-state index in [1.807, 2.05) is 37.2 Å². The number of aryl methyl sites for hydroxylation is 1. The fourth-order valence-electron chi connectivity index (χ4n) is 1.72. The molecule has 1 N–H and O–H groups in total. The van der Waals surface area contributed by atoms with E-state index in [1.54, 1.807) is 13.3 Å². The number of hydrogen-bond acceptors (Lipinski definition) is 6. The molecule has 6 nitrogen and oxygen atoms in total. The van der Waals surface area contributed by atoms with Crippen LogP contribution in [0.15, 0.2) is 24.4 Å². The second kappa shape index (κ2) is 6.18. The molecule has 0 aliphatic carbocycles. The molecule has 0 atom stereocenters. The smallest absolute Gasteiger partial charge is 0.237 e. The molecule has 0 aliphatic heterocycles. The van der Waals surface area contributed by atoms with Gasteiger partial charge in [0.25, 0.3) is 0 Å². The van der Waals surface area contributed by atoms with Gasteiger partial charge in [-0.25, -0.2) is 9.97 Å². The maximum absolute atomic E-state index is 5.22. The van der Waals surface area contributed by atoms with Gasteiger partial charge in [-0.1, -0.05) is 6.92 Å². The van der Waals surface area contributed by atoms with Gasteiger partial charge in [-0.15, -0.1) is 0 Å². The van der Waals surface area contributed by atoms with Crippen LogP contribution in [0.25, 0.3) is 0 Å². The summed E-state index contributed by atoms with van der Waals surface area (Å²) in [5, 5.41) is 3.23. The first kappa shape index (κ1) is 14.0. The first-order chi connectivity index (χ1) is 9.63. The van der Waals surface area contributed by atoms with Crippen LogP contribution in [0, 0.1) is 0 Å². The zero-order valence-electron chi connectivity index (χ0n) is 12.2. The van der Waals surface area contributed by atoms with E-state index in [0.717, 1.165) is 23.6 Å². The third kappa shape index (κ3) is 3.14.